The Morgan fingerprint density at radius 3 is 2.44 bits per heavy atom. The first-order valence-electron chi connectivity index (χ1n) is 5.44. The molecule has 6 heteroatoms. The fraction of sp³-hybridized carbons (Fsp3) is 0.417. The van der Waals surface area contributed by atoms with Crippen molar-refractivity contribution < 1.29 is 13.6 Å². The molecule has 1 aromatic rings. The summed E-state index contributed by atoms with van der Waals surface area (Å²) in [7, 11) is 0. The summed E-state index contributed by atoms with van der Waals surface area (Å²) in [6.07, 6.45) is 0.881. The maximum atomic E-state index is 13.5. The van der Waals surface area contributed by atoms with Gasteiger partial charge in [0, 0.05) is 16.3 Å². The lowest BCUT2D eigenvalue weighted by molar-refractivity contribution is 0.0939. The smallest absolute Gasteiger partial charge is 0.257 e. The minimum Gasteiger partial charge on any atom is -0.352 e. The molecule has 18 heavy (non-hydrogen) atoms. The van der Waals surface area contributed by atoms with Gasteiger partial charge in [-0.1, -0.05) is 38.8 Å². The van der Waals surface area contributed by atoms with E-state index in [9.17, 15) is 13.6 Å². The third-order valence-corrected chi connectivity index (χ3v) is 3.36. The highest BCUT2D eigenvalue weighted by Gasteiger charge is 2.18. The highest BCUT2D eigenvalue weighted by molar-refractivity contribution is 9.10. The summed E-state index contributed by atoms with van der Waals surface area (Å²) >= 11 is 6.26. The summed E-state index contributed by atoms with van der Waals surface area (Å²) in [4.78, 5) is 11.7. The van der Waals surface area contributed by atoms with Crippen LogP contribution in [0.1, 0.15) is 23.7 Å². The minimum absolute atomic E-state index is 0.245. The van der Waals surface area contributed by atoms with Crippen molar-refractivity contribution in [3.8, 4) is 0 Å². The third-order valence-electron chi connectivity index (χ3n) is 2.45. The fourth-order valence-corrected chi connectivity index (χ4v) is 2.59. The van der Waals surface area contributed by atoms with E-state index < -0.39 is 23.1 Å². The molecule has 0 bridgehead atoms. The van der Waals surface area contributed by atoms with E-state index in [0.29, 0.717) is 6.54 Å². The van der Waals surface area contributed by atoms with Crippen LogP contribution in [-0.4, -0.2) is 17.8 Å². The van der Waals surface area contributed by atoms with Gasteiger partial charge in [0.1, 0.15) is 17.2 Å². The standard InChI is InChI=1S/C12H13Br2F2NO/c1-7(2-3-13)6-17-12(18)11-9(15)4-8(14)5-10(11)16/h4-5,7H,2-3,6H2,1H3,(H,17,18). The topological polar surface area (TPSA) is 29.1 Å². The number of carbonyl (C=O) groups excluding carboxylic acids is 1. The Morgan fingerprint density at radius 2 is 1.94 bits per heavy atom. The highest BCUT2D eigenvalue weighted by Crippen LogP contribution is 2.19. The van der Waals surface area contributed by atoms with Crippen LogP contribution < -0.4 is 5.32 Å². The van der Waals surface area contributed by atoms with E-state index in [-0.39, 0.29) is 10.4 Å². The van der Waals surface area contributed by atoms with Crippen molar-refractivity contribution in [3.63, 3.8) is 0 Å². The van der Waals surface area contributed by atoms with E-state index >= 15 is 0 Å². The Hall–Kier alpha value is -0.490. The molecule has 0 fully saturated rings. The van der Waals surface area contributed by atoms with E-state index in [0.717, 1.165) is 23.9 Å². The quantitative estimate of drug-likeness (QED) is 0.767. The molecular formula is C12H13Br2F2NO. The fourth-order valence-electron chi connectivity index (χ4n) is 1.40. The van der Waals surface area contributed by atoms with E-state index in [4.69, 9.17) is 0 Å². The van der Waals surface area contributed by atoms with E-state index in [1.165, 1.54) is 0 Å². The number of rotatable bonds is 5. The maximum Gasteiger partial charge on any atom is 0.257 e. The summed E-state index contributed by atoms with van der Waals surface area (Å²) in [5.74, 6) is -2.21. The summed E-state index contributed by atoms with van der Waals surface area (Å²) in [6.45, 7) is 2.34. The molecule has 0 spiro atoms. The lowest BCUT2D eigenvalue weighted by Crippen LogP contribution is -2.30. The first kappa shape index (κ1) is 15.6. The van der Waals surface area contributed by atoms with Gasteiger partial charge in [-0.2, -0.15) is 0 Å². The number of benzene rings is 1. The van der Waals surface area contributed by atoms with Gasteiger partial charge in [-0.05, 0) is 24.5 Å². The van der Waals surface area contributed by atoms with Crippen LogP contribution in [-0.2, 0) is 0 Å². The summed E-state index contributed by atoms with van der Waals surface area (Å²) in [6, 6.07) is 2.14. The first-order chi connectivity index (χ1) is 8.45. The molecule has 1 amide bonds. The summed E-state index contributed by atoms with van der Waals surface area (Å²) in [5, 5.41) is 3.35. The normalized spacial score (nSPS) is 12.3. The van der Waals surface area contributed by atoms with E-state index in [2.05, 4.69) is 37.2 Å². The lowest BCUT2D eigenvalue weighted by atomic mass is 10.1. The van der Waals surface area contributed by atoms with Crippen LogP contribution in [0.25, 0.3) is 0 Å². The molecule has 0 aliphatic heterocycles. The second-order valence-corrected chi connectivity index (χ2v) is 5.75. The molecule has 1 unspecified atom stereocenters. The Kier molecular flexibility index (Phi) is 6.21. The largest absolute Gasteiger partial charge is 0.352 e. The molecule has 0 heterocycles. The van der Waals surface area contributed by atoms with Crippen LogP contribution in [0.4, 0.5) is 8.78 Å². The number of nitrogens with one attached hydrogen (secondary N) is 1. The van der Waals surface area contributed by atoms with Crippen molar-refractivity contribution in [1.29, 1.82) is 0 Å². The van der Waals surface area contributed by atoms with Gasteiger partial charge in [0.25, 0.3) is 5.91 Å². The van der Waals surface area contributed by atoms with Gasteiger partial charge in [0.05, 0.1) is 0 Å². The molecule has 0 aliphatic rings. The Bertz CT molecular complexity index is 417. The minimum atomic E-state index is -0.868. The van der Waals surface area contributed by atoms with Gasteiger partial charge >= 0.3 is 0 Å². The van der Waals surface area contributed by atoms with Gasteiger partial charge < -0.3 is 5.32 Å². The second-order valence-electron chi connectivity index (χ2n) is 4.04. The molecule has 2 nitrogen and oxygen atoms in total. The number of halogens is 4. The Labute approximate surface area is 121 Å². The molecule has 0 radical (unpaired) electrons. The molecule has 0 saturated heterocycles. The zero-order valence-corrected chi connectivity index (χ0v) is 12.9. The van der Waals surface area contributed by atoms with Crippen molar-refractivity contribution in [2.45, 2.75) is 13.3 Å². The van der Waals surface area contributed by atoms with Gasteiger partial charge in [-0.3, -0.25) is 4.79 Å². The third kappa shape index (κ3) is 4.31. The van der Waals surface area contributed by atoms with Crippen LogP contribution in [0.3, 0.4) is 0 Å². The van der Waals surface area contributed by atoms with Crippen LogP contribution in [0.15, 0.2) is 16.6 Å². The number of hydrogen-bond acceptors (Lipinski definition) is 1. The van der Waals surface area contributed by atoms with Crippen molar-refractivity contribution >= 4 is 37.8 Å². The summed E-state index contributed by atoms with van der Waals surface area (Å²) < 4.78 is 27.3. The Morgan fingerprint density at radius 1 is 1.39 bits per heavy atom. The van der Waals surface area contributed by atoms with Gasteiger partial charge in [0.2, 0.25) is 0 Å². The van der Waals surface area contributed by atoms with E-state index in [1.54, 1.807) is 0 Å². The molecule has 0 aliphatic carbocycles. The average molecular weight is 385 g/mol. The predicted molar refractivity (Wildman–Crippen MR) is 74.0 cm³/mol. The zero-order valence-electron chi connectivity index (χ0n) is 9.77. The maximum absolute atomic E-state index is 13.5. The van der Waals surface area contributed by atoms with Crippen molar-refractivity contribution in [2.75, 3.05) is 11.9 Å². The van der Waals surface area contributed by atoms with Crippen molar-refractivity contribution in [1.82, 2.24) is 5.32 Å². The van der Waals surface area contributed by atoms with Crippen molar-refractivity contribution in [2.24, 2.45) is 5.92 Å². The number of carbonyl (C=O) groups is 1. The van der Waals surface area contributed by atoms with Crippen molar-refractivity contribution in [3.05, 3.63) is 33.8 Å². The monoisotopic (exact) mass is 383 g/mol. The predicted octanol–water partition coefficient (Wildman–Crippen LogP) is 3.88. The lowest BCUT2D eigenvalue weighted by Gasteiger charge is -2.12. The van der Waals surface area contributed by atoms with Gasteiger partial charge in [0.15, 0.2) is 0 Å². The summed E-state index contributed by atoms with van der Waals surface area (Å²) in [5.41, 5.74) is -0.538. The zero-order chi connectivity index (χ0) is 13.7. The van der Waals surface area contributed by atoms with Gasteiger partial charge in [-0.25, -0.2) is 8.78 Å². The number of amides is 1. The molecule has 1 rings (SSSR count). The molecular weight excluding hydrogens is 372 g/mol. The molecule has 0 saturated carbocycles. The van der Waals surface area contributed by atoms with Crippen LogP contribution in [0.5, 0.6) is 0 Å². The SMILES string of the molecule is CC(CCBr)CNC(=O)c1c(F)cc(Br)cc1F. The number of alkyl halides is 1. The molecule has 1 atom stereocenters. The van der Waals surface area contributed by atoms with Crippen LogP contribution in [0.2, 0.25) is 0 Å². The molecule has 1 N–H and O–H groups in total. The van der Waals surface area contributed by atoms with E-state index in [1.807, 2.05) is 6.92 Å². The average Bonchev–Trinajstić information content (AvgIpc) is 2.25. The van der Waals surface area contributed by atoms with Crippen LogP contribution >= 0.6 is 31.9 Å². The molecule has 1 aromatic carbocycles. The van der Waals surface area contributed by atoms with Crippen LogP contribution in [0, 0.1) is 17.6 Å². The van der Waals surface area contributed by atoms with Gasteiger partial charge in [-0.15, -0.1) is 0 Å². The highest BCUT2D eigenvalue weighted by atomic mass is 79.9. The number of hydrogen-bond donors (Lipinski definition) is 1. The first-order valence-corrected chi connectivity index (χ1v) is 7.35. The molecule has 0 aromatic heterocycles. The second kappa shape index (κ2) is 7.19. The Balaban J connectivity index is 2.73. The molecule has 100 valence electrons.